The Balaban J connectivity index is 1.47. The topological polar surface area (TPSA) is 53.6 Å². The minimum atomic E-state index is -0.0555. The van der Waals surface area contributed by atoms with E-state index in [0.29, 0.717) is 24.6 Å². The first kappa shape index (κ1) is 23.4. The second-order valence-corrected chi connectivity index (χ2v) is 10.8. The van der Waals surface area contributed by atoms with Crippen molar-refractivity contribution in [1.29, 1.82) is 0 Å². The van der Waals surface area contributed by atoms with Crippen LogP contribution < -0.4 is 15.4 Å². The van der Waals surface area contributed by atoms with E-state index < -0.39 is 0 Å². The Hall–Kier alpha value is -2.37. The number of nitrogens with one attached hydrogen (secondary N) is 2. The van der Waals surface area contributed by atoms with E-state index in [0.717, 1.165) is 55.3 Å². The number of nitrogens with zero attached hydrogens (tertiary/aromatic N) is 1. The van der Waals surface area contributed by atoms with E-state index in [2.05, 4.69) is 54.5 Å². The molecular weight excluding hydrogens is 422 g/mol. The molecule has 3 aliphatic rings. The van der Waals surface area contributed by atoms with Gasteiger partial charge in [0.25, 0.3) is 5.91 Å². The van der Waals surface area contributed by atoms with Crippen LogP contribution in [0.25, 0.3) is 0 Å². The van der Waals surface area contributed by atoms with Crippen LogP contribution in [0, 0.1) is 11.8 Å². The van der Waals surface area contributed by atoms with E-state index in [4.69, 9.17) is 4.74 Å². The van der Waals surface area contributed by atoms with Crippen LogP contribution in [0.1, 0.15) is 79.2 Å². The molecule has 1 amide bonds. The lowest BCUT2D eigenvalue weighted by atomic mass is 9.76. The zero-order valence-electron chi connectivity index (χ0n) is 20.8. The normalized spacial score (nSPS) is 25.1. The van der Waals surface area contributed by atoms with Gasteiger partial charge in [-0.25, -0.2) is 0 Å². The summed E-state index contributed by atoms with van der Waals surface area (Å²) in [5.41, 5.74) is 4.43. The molecule has 3 heterocycles. The van der Waals surface area contributed by atoms with Crippen molar-refractivity contribution in [1.82, 2.24) is 15.5 Å². The second-order valence-electron chi connectivity index (χ2n) is 10.8. The summed E-state index contributed by atoms with van der Waals surface area (Å²) < 4.78 is 6.13. The summed E-state index contributed by atoms with van der Waals surface area (Å²) in [5.74, 6) is 2.00. The van der Waals surface area contributed by atoms with Gasteiger partial charge in [0, 0.05) is 30.7 Å². The van der Waals surface area contributed by atoms with Gasteiger partial charge in [-0.05, 0) is 79.8 Å². The van der Waals surface area contributed by atoms with Crippen LogP contribution in [0.15, 0.2) is 42.5 Å². The first-order valence-electron chi connectivity index (χ1n) is 13.1. The average Bonchev–Trinajstić information content (AvgIpc) is 2.86. The van der Waals surface area contributed by atoms with Gasteiger partial charge in [-0.1, -0.05) is 44.2 Å². The van der Waals surface area contributed by atoms with Crippen LogP contribution in [0.3, 0.4) is 0 Å². The SMILES string of the molecule is CC(C)COc1cc2c(c(C(=O)N[C@H](C)c3ccccc3)c1)[C@H]1C[C@H]3NCCC[C@H]3CN1CC2. The van der Waals surface area contributed by atoms with Crippen LogP contribution in [-0.2, 0) is 6.42 Å². The van der Waals surface area contributed by atoms with Crippen LogP contribution in [0.5, 0.6) is 5.75 Å². The summed E-state index contributed by atoms with van der Waals surface area (Å²) in [4.78, 5) is 16.4. The molecule has 5 nitrogen and oxygen atoms in total. The number of carbonyl (C=O) groups excluding carboxylic acids is 1. The highest BCUT2D eigenvalue weighted by atomic mass is 16.5. The van der Waals surface area contributed by atoms with Crippen LogP contribution in [-0.4, -0.2) is 43.1 Å². The van der Waals surface area contributed by atoms with Gasteiger partial charge in [0.1, 0.15) is 5.75 Å². The second kappa shape index (κ2) is 10.1. The van der Waals surface area contributed by atoms with E-state index in [9.17, 15) is 4.79 Å². The van der Waals surface area contributed by atoms with Gasteiger partial charge in [0.2, 0.25) is 0 Å². The van der Waals surface area contributed by atoms with E-state index in [1.807, 2.05) is 24.3 Å². The molecule has 5 heteroatoms. The van der Waals surface area contributed by atoms with Gasteiger partial charge < -0.3 is 15.4 Å². The molecule has 2 saturated heterocycles. The zero-order valence-corrected chi connectivity index (χ0v) is 20.8. The number of amides is 1. The first-order valence-corrected chi connectivity index (χ1v) is 13.1. The van der Waals surface area contributed by atoms with Crippen molar-refractivity contribution in [2.24, 2.45) is 11.8 Å². The van der Waals surface area contributed by atoms with Crippen molar-refractivity contribution in [2.45, 2.75) is 64.6 Å². The molecule has 2 aromatic rings. The van der Waals surface area contributed by atoms with Crippen molar-refractivity contribution in [3.8, 4) is 5.75 Å². The summed E-state index contributed by atoms with van der Waals surface area (Å²) in [6.45, 7) is 10.3. The lowest BCUT2D eigenvalue weighted by Gasteiger charge is -2.49. The van der Waals surface area contributed by atoms with Crippen molar-refractivity contribution in [3.05, 3.63) is 64.7 Å². The third-order valence-corrected chi connectivity index (χ3v) is 7.83. The van der Waals surface area contributed by atoms with Gasteiger partial charge in [-0.15, -0.1) is 0 Å². The van der Waals surface area contributed by atoms with Gasteiger partial charge in [-0.3, -0.25) is 9.69 Å². The molecule has 34 heavy (non-hydrogen) atoms. The number of rotatable bonds is 6. The predicted molar refractivity (Wildman–Crippen MR) is 136 cm³/mol. The summed E-state index contributed by atoms with van der Waals surface area (Å²) in [6.07, 6.45) is 4.65. The van der Waals surface area contributed by atoms with Crippen molar-refractivity contribution < 1.29 is 9.53 Å². The smallest absolute Gasteiger partial charge is 0.252 e. The Bertz CT molecular complexity index is 1010. The van der Waals surface area contributed by atoms with Crippen molar-refractivity contribution >= 4 is 5.91 Å². The molecular formula is C29H39N3O2. The molecule has 0 unspecified atom stereocenters. The molecule has 0 radical (unpaired) electrons. The molecule has 2 fully saturated rings. The molecule has 0 spiro atoms. The molecule has 0 saturated carbocycles. The number of carbonyl (C=O) groups is 1. The lowest BCUT2D eigenvalue weighted by Crippen LogP contribution is -2.55. The monoisotopic (exact) mass is 461 g/mol. The fourth-order valence-electron chi connectivity index (χ4n) is 6.06. The van der Waals surface area contributed by atoms with E-state index in [1.54, 1.807) is 0 Å². The minimum Gasteiger partial charge on any atom is -0.493 e. The fraction of sp³-hybridized carbons (Fsp3) is 0.552. The van der Waals surface area contributed by atoms with Gasteiger partial charge in [0.15, 0.2) is 0 Å². The molecule has 0 bridgehead atoms. The summed E-state index contributed by atoms with van der Waals surface area (Å²) >= 11 is 0. The Morgan fingerprint density at radius 2 is 2.03 bits per heavy atom. The molecule has 2 aromatic carbocycles. The molecule has 2 N–H and O–H groups in total. The number of fused-ring (bicyclic) bond motifs is 4. The molecule has 4 atom stereocenters. The van der Waals surface area contributed by atoms with E-state index in [1.165, 1.54) is 24.0 Å². The molecule has 5 rings (SSSR count). The number of hydrogen-bond acceptors (Lipinski definition) is 4. The largest absolute Gasteiger partial charge is 0.493 e. The number of benzene rings is 2. The summed E-state index contributed by atoms with van der Waals surface area (Å²) in [6, 6.07) is 15.2. The van der Waals surface area contributed by atoms with Gasteiger partial charge >= 0.3 is 0 Å². The van der Waals surface area contributed by atoms with Crippen molar-refractivity contribution in [3.63, 3.8) is 0 Å². The highest BCUT2D eigenvalue weighted by molar-refractivity contribution is 5.97. The molecule has 182 valence electrons. The predicted octanol–water partition coefficient (Wildman–Crippen LogP) is 4.88. The Morgan fingerprint density at radius 1 is 1.21 bits per heavy atom. The maximum atomic E-state index is 13.7. The van der Waals surface area contributed by atoms with Crippen molar-refractivity contribution in [2.75, 3.05) is 26.2 Å². The average molecular weight is 462 g/mol. The first-order chi connectivity index (χ1) is 16.5. The number of ether oxygens (including phenoxy) is 1. The Kier molecular flexibility index (Phi) is 6.94. The number of hydrogen-bond donors (Lipinski definition) is 2. The van der Waals surface area contributed by atoms with Crippen LogP contribution in [0.2, 0.25) is 0 Å². The quantitative estimate of drug-likeness (QED) is 0.644. The van der Waals surface area contributed by atoms with Crippen LogP contribution in [0.4, 0.5) is 0 Å². The third kappa shape index (κ3) is 4.87. The van der Waals surface area contributed by atoms with Crippen LogP contribution >= 0.6 is 0 Å². The Labute approximate surface area is 204 Å². The highest BCUT2D eigenvalue weighted by Crippen LogP contribution is 2.43. The standard InChI is InChI=1S/C29H39N3O2/c1-19(2)18-34-24-14-22-11-13-32-17-23-10-7-12-30-26(23)16-27(32)28(22)25(15-24)29(33)31-20(3)21-8-5-4-6-9-21/h4-6,8-9,14-15,19-20,23,26-27,30H,7,10-13,16-18H2,1-3H3,(H,31,33)/t20-,23+,26-,27-/m1/s1. The minimum absolute atomic E-state index is 0.00294. The summed E-state index contributed by atoms with van der Waals surface area (Å²) in [5, 5.41) is 7.06. The zero-order chi connectivity index (χ0) is 23.7. The van der Waals surface area contributed by atoms with Gasteiger partial charge in [0.05, 0.1) is 12.6 Å². The fourth-order valence-corrected chi connectivity index (χ4v) is 6.06. The van der Waals surface area contributed by atoms with E-state index in [-0.39, 0.29) is 11.9 Å². The maximum Gasteiger partial charge on any atom is 0.252 e. The molecule has 3 aliphatic heterocycles. The Morgan fingerprint density at radius 3 is 2.82 bits per heavy atom. The van der Waals surface area contributed by atoms with Gasteiger partial charge in [-0.2, -0.15) is 0 Å². The maximum absolute atomic E-state index is 13.7. The molecule has 0 aliphatic carbocycles. The highest BCUT2D eigenvalue weighted by Gasteiger charge is 2.41. The van der Waals surface area contributed by atoms with E-state index >= 15 is 0 Å². The molecule has 0 aromatic heterocycles. The third-order valence-electron chi connectivity index (χ3n) is 7.83. The number of piperidine rings is 2. The summed E-state index contributed by atoms with van der Waals surface area (Å²) in [7, 11) is 0. The lowest BCUT2D eigenvalue weighted by molar-refractivity contribution is 0.0542.